The van der Waals surface area contributed by atoms with Gasteiger partial charge in [-0.2, -0.15) is 0 Å². The minimum atomic E-state index is 0.604. The Morgan fingerprint density at radius 3 is 2.44 bits per heavy atom. The molecule has 0 aromatic carbocycles. The molecular weight excluding hydrogens is 194 g/mol. The van der Waals surface area contributed by atoms with Gasteiger partial charge in [0.05, 0.1) is 0 Å². The summed E-state index contributed by atoms with van der Waals surface area (Å²) < 4.78 is 0. The van der Waals surface area contributed by atoms with E-state index in [9.17, 15) is 0 Å². The van der Waals surface area contributed by atoms with E-state index in [1.54, 1.807) is 11.1 Å². The van der Waals surface area contributed by atoms with Crippen molar-refractivity contribution in [1.29, 1.82) is 0 Å². The van der Waals surface area contributed by atoms with Crippen molar-refractivity contribution in [1.82, 2.24) is 5.32 Å². The second-order valence-corrected chi connectivity index (χ2v) is 5.21. The van der Waals surface area contributed by atoms with Crippen LogP contribution < -0.4 is 5.32 Å². The van der Waals surface area contributed by atoms with Crippen molar-refractivity contribution in [2.75, 3.05) is 13.6 Å². The lowest BCUT2D eigenvalue weighted by Crippen LogP contribution is -2.31. The van der Waals surface area contributed by atoms with E-state index in [2.05, 4.69) is 26.2 Å². The van der Waals surface area contributed by atoms with Crippen molar-refractivity contribution in [3.05, 3.63) is 11.1 Å². The maximum Gasteiger partial charge on any atom is -0.00151 e. The quantitative estimate of drug-likeness (QED) is 0.694. The summed E-state index contributed by atoms with van der Waals surface area (Å²) in [5, 5.41) is 3.37. The van der Waals surface area contributed by atoms with E-state index >= 15 is 0 Å². The highest BCUT2D eigenvalue weighted by Crippen LogP contribution is 2.56. The molecule has 0 heterocycles. The maximum absolute atomic E-state index is 3.37. The lowest BCUT2D eigenvalue weighted by atomic mass is 9.73. The van der Waals surface area contributed by atoms with E-state index in [-0.39, 0.29) is 0 Å². The zero-order chi connectivity index (χ0) is 12.2. The summed E-state index contributed by atoms with van der Waals surface area (Å²) in [7, 11) is 2.09. The standard InChI is InChI=1S/C13H23N.C2H6/c1-10-6-8-13(11(10)2)7-4-5-12(13)9-14-3;1-2/h12,14H,4-9H2,1-3H3;1-2H3. The molecule has 0 aromatic rings. The highest BCUT2D eigenvalue weighted by molar-refractivity contribution is 5.28. The molecule has 2 atom stereocenters. The minimum Gasteiger partial charge on any atom is -0.319 e. The first-order chi connectivity index (χ1) is 7.70. The molecule has 2 aliphatic carbocycles. The van der Waals surface area contributed by atoms with Gasteiger partial charge in [0.2, 0.25) is 0 Å². The predicted molar refractivity (Wildman–Crippen MR) is 72.7 cm³/mol. The Morgan fingerprint density at radius 2 is 1.94 bits per heavy atom. The van der Waals surface area contributed by atoms with Gasteiger partial charge in [0.15, 0.2) is 0 Å². The SMILES string of the molecule is CC.CNCC1CCCC12CCC(C)=C2C. The fraction of sp³-hybridized carbons (Fsp3) is 0.867. The van der Waals surface area contributed by atoms with Crippen LogP contribution in [0.15, 0.2) is 11.1 Å². The summed E-state index contributed by atoms with van der Waals surface area (Å²) in [6.45, 7) is 9.93. The first kappa shape index (κ1) is 13.8. The molecule has 1 saturated carbocycles. The first-order valence-corrected chi connectivity index (χ1v) is 7.02. The minimum absolute atomic E-state index is 0.604. The Bertz CT molecular complexity index is 254. The summed E-state index contributed by atoms with van der Waals surface area (Å²) in [6, 6.07) is 0. The van der Waals surface area contributed by atoms with Crippen LogP contribution >= 0.6 is 0 Å². The fourth-order valence-corrected chi connectivity index (χ4v) is 3.72. The largest absolute Gasteiger partial charge is 0.319 e. The molecule has 0 aromatic heterocycles. The molecule has 0 saturated heterocycles. The monoisotopic (exact) mass is 223 g/mol. The maximum atomic E-state index is 3.37. The lowest BCUT2D eigenvalue weighted by Gasteiger charge is -2.33. The van der Waals surface area contributed by atoms with Crippen molar-refractivity contribution < 1.29 is 0 Å². The van der Waals surface area contributed by atoms with Gasteiger partial charge in [0.1, 0.15) is 0 Å². The van der Waals surface area contributed by atoms with Crippen LogP contribution in [-0.2, 0) is 0 Å². The van der Waals surface area contributed by atoms with Crippen molar-refractivity contribution in [3.63, 3.8) is 0 Å². The molecule has 0 bridgehead atoms. The zero-order valence-electron chi connectivity index (χ0n) is 11.8. The number of allylic oxidation sites excluding steroid dienone is 2. The van der Waals surface area contributed by atoms with Crippen LogP contribution in [0.25, 0.3) is 0 Å². The van der Waals surface area contributed by atoms with Gasteiger partial charge < -0.3 is 5.32 Å². The Hall–Kier alpha value is -0.300. The van der Waals surface area contributed by atoms with Crippen LogP contribution in [0.4, 0.5) is 0 Å². The first-order valence-electron chi connectivity index (χ1n) is 7.02. The Morgan fingerprint density at radius 1 is 1.25 bits per heavy atom. The molecular formula is C15H29N. The van der Waals surface area contributed by atoms with E-state index in [1.165, 1.54) is 38.6 Å². The Labute approximate surface area is 102 Å². The van der Waals surface area contributed by atoms with Crippen molar-refractivity contribution in [3.8, 4) is 0 Å². The van der Waals surface area contributed by atoms with E-state index in [1.807, 2.05) is 13.8 Å². The predicted octanol–water partition coefficient (Wildman–Crippen LogP) is 4.15. The third kappa shape index (κ3) is 2.20. The molecule has 0 amide bonds. The molecule has 2 aliphatic rings. The van der Waals surface area contributed by atoms with Crippen LogP contribution in [0.2, 0.25) is 0 Å². The summed E-state index contributed by atoms with van der Waals surface area (Å²) in [4.78, 5) is 0. The summed E-state index contributed by atoms with van der Waals surface area (Å²) in [5.74, 6) is 0.907. The van der Waals surface area contributed by atoms with Crippen LogP contribution in [0.1, 0.15) is 59.8 Å². The summed E-state index contributed by atoms with van der Waals surface area (Å²) in [6.07, 6.45) is 7.11. The van der Waals surface area contributed by atoms with Gasteiger partial charge in [-0.25, -0.2) is 0 Å². The van der Waals surface area contributed by atoms with Crippen LogP contribution in [-0.4, -0.2) is 13.6 Å². The van der Waals surface area contributed by atoms with E-state index < -0.39 is 0 Å². The van der Waals surface area contributed by atoms with Gasteiger partial charge >= 0.3 is 0 Å². The third-order valence-electron chi connectivity index (χ3n) is 4.74. The molecule has 0 aliphatic heterocycles. The molecule has 2 unspecified atom stereocenters. The lowest BCUT2D eigenvalue weighted by molar-refractivity contribution is 0.248. The van der Waals surface area contributed by atoms with Gasteiger partial charge in [0.25, 0.3) is 0 Å². The Balaban J connectivity index is 0.000000606. The fourth-order valence-electron chi connectivity index (χ4n) is 3.72. The van der Waals surface area contributed by atoms with Gasteiger partial charge in [-0.3, -0.25) is 0 Å². The molecule has 0 radical (unpaired) electrons. The molecule has 2 rings (SSSR count). The second kappa shape index (κ2) is 5.86. The molecule has 16 heavy (non-hydrogen) atoms. The average Bonchev–Trinajstić information content (AvgIpc) is 2.84. The van der Waals surface area contributed by atoms with Gasteiger partial charge in [-0.05, 0) is 64.5 Å². The number of hydrogen-bond acceptors (Lipinski definition) is 1. The van der Waals surface area contributed by atoms with Crippen molar-refractivity contribution in [2.24, 2.45) is 11.3 Å². The molecule has 1 spiro atoms. The molecule has 1 nitrogen and oxygen atoms in total. The van der Waals surface area contributed by atoms with E-state index in [4.69, 9.17) is 0 Å². The van der Waals surface area contributed by atoms with Gasteiger partial charge in [0, 0.05) is 0 Å². The highest BCUT2D eigenvalue weighted by atomic mass is 14.8. The number of rotatable bonds is 2. The van der Waals surface area contributed by atoms with Crippen LogP contribution in [0.5, 0.6) is 0 Å². The molecule has 94 valence electrons. The van der Waals surface area contributed by atoms with Crippen LogP contribution in [0.3, 0.4) is 0 Å². The zero-order valence-corrected chi connectivity index (χ0v) is 11.8. The molecule has 1 heteroatoms. The molecule has 1 fully saturated rings. The van der Waals surface area contributed by atoms with Crippen molar-refractivity contribution in [2.45, 2.75) is 59.8 Å². The van der Waals surface area contributed by atoms with Gasteiger partial charge in [-0.1, -0.05) is 31.4 Å². The molecule has 1 N–H and O–H groups in total. The summed E-state index contributed by atoms with van der Waals surface area (Å²) in [5.41, 5.74) is 4.01. The van der Waals surface area contributed by atoms with Crippen LogP contribution in [0, 0.1) is 11.3 Å². The summed E-state index contributed by atoms with van der Waals surface area (Å²) >= 11 is 0. The average molecular weight is 223 g/mol. The normalized spacial score (nSPS) is 33.2. The topological polar surface area (TPSA) is 12.0 Å². The number of hydrogen-bond donors (Lipinski definition) is 1. The third-order valence-corrected chi connectivity index (χ3v) is 4.74. The highest BCUT2D eigenvalue weighted by Gasteiger charge is 2.46. The van der Waals surface area contributed by atoms with Crippen molar-refractivity contribution >= 4 is 0 Å². The van der Waals surface area contributed by atoms with Gasteiger partial charge in [-0.15, -0.1) is 0 Å². The van der Waals surface area contributed by atoms with E-state index in [0.29, 0.717) is 5.41 Å². The second-order valence-electron chi connectivity index (χ2n) is 5.21. The Kier molecular flexibility index (Phi) is 5.04. The smallest absolute Gasteiger partial charge is 0.00151 e. The van der Waals surface area contributed by atoms with E-state index in [0.717, 1.165) is 5.92 Å². The number of nitrogens with one attached hydrogen (secondary N) is 1.